The van der Waals surface area contributed by atoms with Gasteiger partial charge in [0.15, 0.2) is 0 Å². The van der Waals surface area contributed by atoms with Gasteiger partial charge in [-0.15, -0.1) is 0 Å². The molecule has 1 unspecified atom stereocenters. The van der Waals surface area contributed by atoms with E-state index in [-0.39, 0.29) is 30.2 Å². The SMILES string of the molecule is CCOC(=O)N1CCN(C(=O)C2CC(=O)N(c3ccccc3OCC)C2)CC1. The largest absolute Gasteiger partial charge is 0.492 e. The number of anilines is 1. The second-order valence-electron chi connectivity index (χ2n) is 6.82. The minimum Gasteiger partial charge on any atom is -0.492 e. The maximum atomic E-state index is 12.9. The Hall–Kier alpha value is -2.77. The van der Waals surface area contributed by atoms with E-state index in [2.05, 4.69) is 0 Å². The van der Waals surface area contributed by atoms with Gasteiger partial charge in [0.1, 0.15) is 5.75 Å². The number of carbonyl (C=O) groups excluding carboxylic acids is 3. The number of hydrogen-bond acceptors (Lipinski definition) is 5. The molecule has 8 heteroatoms. The van der Waals surface area contributed by atoms with Crippen molar-refractivity contribution in [3.63, 3.8) is 0 Å². The summed E-state index contributed by atoms with van der Waals surface area (Å²) in [5.74, 6) is 0.162. The van der Waals surface area contributed by atoms with Gasteiger partial charge in [-0.2, -0.15) is 0 Å². The Labute approximate surface area is 165 Å². The lowest BCUT2D eigenvalue weighted by Gasteiger charge is -2.35. The highest BCUT2D eigenvalue weighted by Crippen LogP contribution is 2.33. The summed E-state index contributed by atoms with van der Waals surface area (Å²) in [5, 5.41) is 0. The first-order chi connectivity index (χ1) is 13.5. The molecule has 0 radical (unpaired) electrons. The Balaban J connectivity index is 1.61. The minimum absolute atomic E-state index is 0.0340. The second kappa shape index (κ2) is 8.95. The van der Waals surface area contributed by atoms with E-state index in [1.807, 2.05) is 31.2 Å². The average molecular weight is 389 g/mol. The summed E-state index contributed by atoms with van der Waals surface area (Å²) in [6, 6.07) is 7.39. The summed E-state index contributed by atoms with van der Waals surface area (Å²) < 4.78 is 10.6. The second-order valence-corrected chi connectivity index (χ2v) is 6.82. The molecule has 2 saturated heterocycles. The van der Waals surface area contributed by atoms with Gasteiger partial charge in [-0.1, -0.05) is 12.1 Å². The quantitative estimate of drug-likeness (QED) is 0.766. The molecule has 0 saturated carbocycles. The molecule has 2 aliphatic rings. The number of hydrogen-bond donors (Lipinski definition) is 0. The number of piperazine rings is 1. The molecule has 152 valence electrons. The smallest absolute Gasteiger partial charge is 0.409 e. The van der Waals surface area contributed by atoms with Crippen LogP contribution in [-0.2, 0) is 14.3 Å². The third kappa shape index (κ3) is 4.21. The molecule has 0 aliphatic carbocycles. The van der Waals surface area contributed by atoms with Crippen molar-refractivity contribution in [1.82, 2.24) is 9.80 Å². The summed E-state index contributed by atoms with van der Waals surface area (Å²) in [6.45, 7) is 6.66. The number of benzene rings is 1. The first kappa shape index (κ1) is 20.0. The standard InChI is InChI=1S/C20H27N3O5/c1-3-27-17-8-6-5-7-16(17)23-14-15(13-18(23)24)19(25)21-9-11-22(12-10-21)20(26)28-4-2/h5-8,15H,3-4,9-14H2,1-2H3. The molecule has 0 spiro atoms. The third-order valence-corrected chi connectivity index (χ3v) is 5.05. The van der Waals surface area contributed by atoms with Crippen LogP contribution in [-0.4, -0.2) is 73.6 Å². The van der Waals surface area contributed by atoms with Gasteiger partial charge in [-0.25, -0.2) is 4.79 Å². The molecule has 28 heavy (non-hydrogen) atoms. The Morgan fingerprint density at radius 1 is 1.04 bits per heavy atom. The van der Waals surface area contributed by atoms with Crippen molar-refractivity contribution in [2.75, 3.05) is 50.8 Å². The van der Waals surface area contributed by atoms with Crippen LogP contribution in [0, 0.1) is 5.92 Å². The lowest BCUT2D eigenvalue weighted by atomic mass is 10.1. The van der Waals surface area contributed by atoms with E-state index in [0.29, 0.717) is 57.4 Å². The van der Waals surface area contributed by atoms with E-state index < -0.39 is 0 Å². The molecular formula is C20H27N3O5. The minimum atomic E-state index is -0.378. The molecule has 1 atom stereocenters. The number of ether oxygens (including phenoxy) is 2. The van der Waals surface area contributed by atoms with Crippen LogP contribution in [0.25, 0.3) is 0 Å². The molecule has 2 heterocycles. The molecule has 0 N–H and O–H groups in total. The van der Waals surface area contributed by atoms with Crippen molar-refractivity contribution in [3.05, 3.63) is 24.3 Å². The fourth-order valence-corrected chi connectivity index (χ4v) is 3.65. The van der Waals surface area contributed by atoms with E-state index in [1.165, 1.54) is 0 Å². The zero-order valence-corrected chi connectivity index (χ0v) is 16.4. The van der Waals surface area contributed by atoms with E-state index in [0.717, 1.165) is 0 Å². The molecule has 3 amide bonds. The summed E-state index contributed by atoms with van der Waals surface area (Å²) >= 11 is 0. The molecule has 3 rings (SSSR count). The van der Waals surface area contributed by atoms with Gasteiger partial charge in [0.2, 0.25) is 11.8 Å². The van der Waals surface area contributed by atoms with Crippen molar-refractivity contribution in [2.24, 2.45) is 5.92 Å². The van der Waals surface area contributed by atoms with Gasteiger partial charge in [-0.05, 0) is 26.0 Å². The maximum absolute atomic E-state index is 12.9. The topological polar surface area (TPSA) is 79.4 Å². The highest BCUT2D eigenvalue weighted by atomic mass is 16.6. The van der Waals surface area contributed by atoms with Gasteiger partial charge >= 0.3 is 6.09 Å². The predicted molar refractivity (Wildman–Crippen MR) is 103 cm³/mol. The molecule has 8 nitrogen and oxygen atoms in total. The predicted octanol–water partition coefficient (Wildman–Crippen LogP) is 1.74. The first-order valence-corrected chi connectivity index (χ1v) is 9.77. The third-order valence-electron chi connectivity index (χ3n) is 5.05. The molecule has 1 aromatic carbocycles. The average Bonchev–Trinajstić information content (AvgIpc) is 3.10. The maximum Gasteiger partial charge on any atom is 0.409 e. The fraction of sp³-hybridized carbons (Fsp3) is 0.550. The van der Waals surface area contributed by atoms with Gasteiger partial charge in [0.05, 0.1) is 24.8 Å². The van der Waals surface area contributed by atoms with E-state index in [4.69, 9.17) is 9.47 Å². The van der Waals surface area contributed by atoms with Crippen molar-refractivity contribution < 1.29 is 23.9 Å². The number of para-hydroxylation sites is 2. The lowest BCUT2D eigenvalue weighted by molar-refractivity contribution is -0.137. The van der Waals surface area contributed by atoms with Crippen LogP contribution in [0.4, 0.5) is 10.5 Å². The summed E-state index contributed by atoms with van der Waals surface area (Å²) in [5.41, 5.74) is 0.705. The Morgan fingerprint density at radius 2 is 1.71 bits per heavy atom. The van der Waals surface area contributed by atoms with Gasteiger partial charge in [0.25, 0.3) is 0 Å². The van der Waals surface area contributed by atoms with E-state index >= 15 is 0 Å². The Morgan fingerprint density at radius 3 is 2.39 bits per heavy atom. The fourth-order valence-electron chi connectivity index (χ4n) is 3.65. The highest BCUT2D eigenvalue weighted by molar-refractivity contribution is 6.01. The Bertz CT molecular complexity index is 730. The van der Waals surface area contributed by atoms with Gasteiger partial charge < -0.3 is 24.2 Å². The van der Waals surface area contributed by atoms with Crippen LogP contribution in [0.5, 0.6) is 5.75 Å². The lowest BCUT2D eigenvalue weighted by Crippen LogP contribution is -2.52. The molecule has 0 bridgehead atoms. The Kier molecular flexibility index (Phi) is 6.38. The van der Waals surface area contributed by atoms with E-state index in [9.17, 15) is 14.4 Å². The number of carbonyl (C=O) groups is 3. The molecule has 2 aliphatic heterocycles. The zero-order chi connectivity index (χ0) is 20.1. The molecule has 0 aromatic heterocycles. The van der Waals surface area contributed by atoms with E-state index in [1.54, 1.807) is 21.6 Å². The number of nitrogens with zero attached hydrogens (tertiary/aromatic N) is 3. The summed E-state index contributed by atoms with van der Waals surface area (Å²) in [6.07, 6.45) is -0.151. The van der Waals surface area contributed by atoms with Gasteiger partial charge in [0, 0.05) is 39.1 Å². The van der Waals surface area contributed by atoms with Crippen LogP contribution in [0.15, 0.2) is 24.3 Å². The van der Waals surface area contributed by atoms with Gasteiger partial charge in [-0.3, -0.25) is 9.59 Å². The van der Waals surface area contributed by atoms with Crippen LogP contribution in [0.1, 0.15) is 20.3 Å². The molecule has 1 aromatic rings. The van der Waals surface area contributed by atoms with Crippen LogP contribution in [0.2, 0.25) is 0 Å². The van der Waals surface area contributed by atoms with Crippen LogP contribution in [0.3, 0.4) is 0 Å². The van der Waals surface area contributed by atoms with Crippen molar-refractivity contribution >= 4 is 23.6 Å². The molecular weight excluding hydrogens is 362 g/mol. The number of rotatable bonds is 5. The van der Waals surface area contributed by atoms with Crippen molar-refractivity contribution in [2.45, 2.75) is 20.3 Å². The zero-order valence-electron chi connectivity index (χ0n) is 16.4. The normalized spacial score (nSPS) is 19.7. The summed E-state index contributed by atoms with van der Waals surface area (Å²) in [4.78, 5) is 42.3. The van der Waals surface area contributed by atoms with Crippen LogP contribution < -0.4 is 9.64 Å². The van der Waals surface area contributed by atoms with Crippen molar-refractivity contribution in [1.29, 1.82) is 0 Å². The van der Waals surface area contributed by atoms with Crippen molar-refractivity contribution in [3.8, 4) is 5.75 Å². The van der Waals surface area contributed by atoms with Crippen LogP contribution >= 0.6 is 0 Å². The monoisotopic (exact) mass is 389 g/mol. The highest BCUT2D eigenvalue weighted by Gasteiger charge is 2.39. The summed E-state index contributed by atoms with van der Waals surface area (Å²) in [7, 11) is 0. The molecule has 2 fully saturated rings. The first-order valence-electron chi connectivity index (χ1n) is 9.77. The number of amides is 3.